The number of nitrogens with zero attached hydrogens (tertiary/aromatic N) is 2. The van der Waals surface area contributed by atoms with E-state index < -0.39 is 40.8 Å². The molecule has 0 saturated carbocycles. The van der Waals surface area contributed by atoms with Crippen molar-refractivity contribution in [3.05, 3.63) is 29.8 Å². The molecule has 2 rings (SSSR count). The monoisotopic (exact) mass is 540 g/mol. The summed E-state index contributed by atoms with van der Waals surface area (Å²) in [5, 5.41) is 12.3. The first-order chi connectivity index (χ1) is 16.6. The van der Waals surface area contributed by atoms with E-state index in [0.29, 0.717) is 22.3 Å². The highest BCUT2D eigenvalue weighted by Gasteiger charge is 2.48. The molecule has 0 fully saturated rings. The molecule has 8 nitrogen and oxygen atoms in total. The van der Waals surface area contributed by atoms with Crippen LogP contribution in [-0.2, 0) is 20.0 Å². The Morgan fingerprint density at radius 1 is 1.19 bits per heavy atom. The molecule has 0 saturated heterocycles. The number of amides is 1. The fourth-order valence-corrected chi connectivity index (χ4v) is 6.22. The van der Waals surface area contributed by atoms with Crippen molar-refractivity contribution in [1.29, 1.82) is 0 Å². The Bertz CT molecular complexity index is 945. The molecule has 0 radical (unpaired) electrons. The normalized spacial score (nSPS) is 19.8. The summed E-state index contributed by atoms with van der Waals surface area (Å²) in [7, 11) is 4.62. The Balaban J connectivity index is 2.26. The lowest BCUT2D eigenvalue weighted by molar-refractivity contribution is -0.145. The van der Waals surface area contributed by atoms with Gasteiger partial charge in [0.1, 0.15) is 11.4 Å². The van der Waals surface area contributed by atoms with Crippen molar-refractivity contribution in [2.45, 2.75) is 70.6 Å². The van der Waals surface area contributed by atoms with Gasteiger partial charge in [0.05, 0.1) is 31.4 Å². The molecule has 1 aromatic carbocycles. The summed E-state index contributed by atoms with van der Waals surface area (Å²) in [4.78, 5) is 31.4. The van der Waals surface area contributed by atoms with Crippen molar-refractivity contribution in [1.82, 2.24) is 4.90 Å². The van der Waals surface area contributed by atoms with Crippen molar-refractivity contribution < 1.29 is 28.9 Å². The van der Waals surface area contributed by atoms with Gasteiger partial charge in [-0.15, -0.1) is 11.8 Å². The largest absolute Gasteiger partial charge is 0.497 e. The minimum atomic E-state index is -0.999. The van der Waals surface area contributed by atoms with Crippen LogP contribution in [0.4, 0.5) is 4.79 Å². The number of rotatable bonds is 10. The number of hydrogen-bond donors (Lipinski definition) is 1. The second-order valence-electron chi connectivity index (χ2n) is 10.7. The van der Waals surface area contributed by atoms with Gasteiger partial charge in [0.25, 0.3) is 0 Å². The van der Waals surface area contributed by atoms with E-state index in [9.17, 15) is 14.7 Å². The maximum atomic E-state index is 13.0. The standard InChI is InChI=1S/C26H40N2O6S2/c1-24(2,3)34-23(31)28(7)19(15-35-14-17-10-12-18(32-8)13-11-17)20(29)25(4,5)21-27-26(6,16-36-21)22(30)33-9/h10-13,19-20,29H,14-16H2,1-9H3/t19-,20+,26+/m0/s1. The summed E-state index contributed by atoms with van der Waals surface area (Å²) in [6.07, 6.45) is -1.47. The first kappa shape index (κ1) is 30.3. The SMILES string of the molecule is COC(=O)[C@@]1(C)CSC(C(C)(C)[C@H](O)[C@H](CSCc2ccc(OC)cc2)N(C)C(=O)OC(C)(C)C)=N1. The van der Waals surface area contributed by atoms with Gasteiger partial charge in [0.15, 0.2) is 5.54 Å². The number of hydrogen-bond acceptors (Lipinski definition) is 9. The first-order valence-electron chi connectivity index (χ1n) is 11.8. The molecule has 1 amide bonds. The van der Waals surface area contributed by atoms with Crippen molar-refractivity contribution in [3.63, 3.8) is 0 Å². The van der Waals surface area contributed by atoms with E-state index in [4.69, 9.17) is 14.2 Å². The zero-order valence-corrected chi connectivity index (χ0v) is 24.4. The summed E-state index contributed by atoms with van der Waals surface area (Å²) >= 11 is 3.05. The lowest BCUT2D eigenvalue weighted by Crippen LogP contribution is -2.54. The van der Waals surface area contributed by atoms with Crippen LogP contribution in [0.15, 0.2) is 29.3 Å². The van der Waals surface area contributed by atoms with Crippen LogP contribution in [0, 0.1) is 5.41 Å². The van der Waals surface area contributed by atoms with Gasteiger partial charge >= 0.3 is 12.1 Å². The van der Waals surface area contributed by atoms with E-state index in [1.54, 1.807) is 32.8 Å². The third-order valence-electron chi connectivity index (χ3n) is 6.01. The van der Waals surface area contributed by atoms with E-state index in [1.807, 2.05) is 58.9 Å². The number of esters is 1. The molecule has 0 bridgehead atoms. The highest BCUT2D eigenvalue weighted by Crippen LogP contribution is 2.40. The topological polar surface area (TPSA) is 97.7 Å². The third-order valence-corrected chi connectivity index (χ3v) is 8.73. The number of aliphatic hydroxyl groups is 1. The van der Waals surface area contributed by atoms with Gasteiger partial charge in [-0.1, -0.05) is 26.0 Å². The number of methoxy groups -OCH3 is 2. The molecule has 0 aliphatic carbocycles. The Morgan fingerprint density at radius 2 is 1.81 bits per heavy atom. The molecule has 1 heterocycles. The van der Waals surface area contributed by atoms with E-state index >= 15 is 0 Å². The van der Waals surface area contributed by atoms with E-state index in [0.717, 1.165) is 11.3 Å². The van der Waals surface area contributed by atoms with E-state index in [1.165, 1.54) is 23.8 Å². The summed E-state index contributed by atoms with van der Waals surface area (Å²) in [6.45, 7) is 10.9. The number of aliphatic imine (C=N–C) groups is 1. The van der Waals surface area contributed by atoms with Gasteiger partial charge in [0.2, 0.25) is 0 Å². The minimum absolute atomic E-state index is 0.409. The van der Waals surface area contributed by atoms with E-state index in [-0.39, 0.29) is 0 Å². The van der Waals surface area contributed by atoms with Crippen LogP contribution < -0.4 is 4.74 Å². The highest BCUT2D eigenvalue weighted by molar-refractivity contribution is 8.14. The molecular weight excluding hydrogens is 500 g/mol. The van der Waals surface area contributed by atoms with Crippen LogP contribution >= 0.6 is 23.5 Å². The second kappa shape index (κ2) is 12.1. The van der Waals surface area contributed by atoms with Crippen LogP contribution in [0.3, 0.4) is 0 Å². The average molecular weight is 541 g/mol. The molecule has 0 spiro atoms. The maximum Gasteiger partial charge on any atom is 0.410 e. The molecule has 0 aromatic heterocycles. The van der Waals surface area contributed by atoms with E-state index in [2.05, 4.69) is 4.99 Å². The smallest absolute Gasteiger partial charge is 0.410 e. The van der Waals surface area contributed by atoms with Gasteiger partial charge in [-0.05, 0) is 45.4 Å². The number of ether oxygens (including phenoxy) is 3. The van der Waals surface area contributed by atoms with Gasteiger partial charge in [-0.3, -0.25) is 4.99 Å². The molecule has 1 aliphatic heterocycles. The number of likely N-dealkylation sites (N-methyl/N-ethyl adjacent to an activating group) is 1. The highest BCUT2D eigenvalue weighted by atomic mass is 32.2. The van der Waals surface area contributed by atoms with Crippen LogP contribution in [-0.4, -0.2) is 83.2 Å². The van der Waals surface area contributed by atoms with Gasteiger partial charge < -0.3 is 24.2 Å². The summed E-state index contributed by atoms with van der Waals surface area (Å²) < 4.78 is 15.7. The molecule has 1 aromatic rings. The minimum Gasteiger partial charge on any atom is -0.497 e. The lowest BCUT2D eigenvalue weighted by atomic mass is 9.83. The van der Waals surface area contributed by atoms with Crippen molar-refractivity contribution in [3.8, 4) is 5.75 Å². The maximum absolute atomic E-state index is 13.0. The Morgan fingerprint density at radius 3 is 2.33 bits per heavy atom. The molecule has 0 unspecified atom stereocenters. The predicted molar refractivity (Wildman–Crippen MR) is 147 cm³/mol. The van der Waals surface area contributed by atoms with Crippen LogP contribution in [0.5, 0.6) is 5.75 Å². The molecule has 202 valence electrons. The molecule has 1 aliphatic rings. The molecule has 36 heavy (non-hydrogen) atoms. The van der Waals surface area contributed by atoms with Crippen LogP contribution in [0.2, 0.25) is 0 Å². The number of thioether (sulfide) groups is 2. The van der Waals surface area contributed by atoms with Crippen molar-refractivity contribution in [2.24, 2.45) is 10.4 Å². The molecule has 3 atom stereocenters. The van der Waals surface area contributed by atoms with Gasteiger partial charge in [-0.2, -0.15) is 11.8 Å². The number of carbonyl (C=O) groups is 2. The fraction of sp³-hybridized carbons (Fsp3) is 0.654. The number of benzene rings is 1. The Hall–Kier alpha value is -1.91. The molecule has 10 heteroatoms. The summed E-state index contributed by atoms with van der Waals surface area (Å²) in [6, 6.07) is 7.25. The first-order valence-corrected chi connectivity index (χ1v) is 13.9. The quantitative estimate of drug-likeness (QED) is 0.429. The van der Waals surface area contributed by atoms with Gasteiger partial charge in [0, 0.05) is 29.7 Å². The summed E-state index contributed by atoms with van der Waals surface area (Å²) in [5.74, 6) is 1.99. The predicted octanol–water partition coefficient (Wildman–Crippen LogP) is 4.63. The number of aliphatic hydroxyl groups excluding tert-OH is 1. The van der Waals surface area contributed by atoms with Gasteiger partial charge in [-0.25, -0.2) is 9.59 Å². The van der Waals surface area contributed by atoms with Crippen LogP contribution in [0.1, 0.15) is 47.1 Å². The van der Waals surface area contributed by atoms with Crippen LogP contribution in [0.25, 0.3) is 0 Å². The Labute approximate surface area is 223 Å². The zero-order valence-electron chi connectivity index (χ0n) is 22.8. The number of carbonyl (C=O) groups excluding carboxylic acids is 2. The molecular formula is C26H40N2O6S2. The lowest BCUT2D eigenvalue weighted by Gasteiger charge is -2.40. The van der Waals surface area contributed by atoms with Crippen molar-refractivity contribution >= 4 is 40.6 Å². The molecule has 1 N–H and O–H groups in total. The second-order valence-corrected chi connectivity index (χ2v) is 12.7. The zero-order chi connectivity index (χ0) is 27.3. The third kappa shape index (κ3) is 7.55. The summed E-state index contributed by atoms with van der Waals surface area (Å²) in [5.41, 5.74) is -1.38. The van der Waals surface area contributed by atoms with Crippen molar-refractivity contribution in [2.75, 3.05) is 32.8 Å². The fourth-order valence-electron chi connectivity index (χ4n) is 3.66. The average Bonchev–Trinajstić information content (AvgIpc) is 3.24. The Kier molecular flexibility index (Phi) is 10.2.